The molecule has 2 N–H and O–H groups in total. The van der Waals surface area contributed by atoms with Crippen LogP contribution in [0, 0.1) is 10.1 Å². The molecule has 0 fully saturated rings. The van der Waals surface area contributed by atoms with Crippen molar-refractivity contribution in [1.29, 1.82) is 0 Å². The highest BCUT2D eigenvalue weighted by molar-refractivity contribution is 5.98. The second-order valence-electron chi connectivity index (χ2n) is 9.30. The van der Waals surface area contributed by atoms with Crippen LogP contribution >= 0.6 is 0 Å². The van der Waals surface area contributed by atoms with Gasteiger partial charge in [0.2, 0.25) is 0 Å². The SMILES string of the molecule is C[C@H](NC(=O)c1ccc2c(ccn2Cc2ccccc2-c2ccc(C(=O)O)cc2)c1)c1ccc([N+](=O)[O-])cc1. The first-order valence-electron chi connectivity index (χ1n) is 12.4. The number of hydrogen-bond acceptors (Lipinski definition) is 4. The maximum atomic E-state index is 12.9. The van der Waals surface area contributed by atoms with Crippen LogP contribution in [0.5, 0.6) is 0 Å². The van der Waals surface area contributed by atoms with Crippen molar-refractivity contribution < 1.29 is 19.6 Å². The van der Waals surface area contributed by atoms with Gasteiger partial charge in [0.05, 0.1) is 16.5 Å². The molecule has 0 spiro atoms. The van der Waals surface area contributed by atoms with E-state index in [1.807, 2.05) is 67.7 Å². The Balaban J connectivity index is 1.34. The van der Waals surface area contributed by atoms with Crippen LogP contribution < -0.4 is 5.32 Å². The minimum atomic E-state index is -0.956. The maximum absolute atomic E-state index is 12.9. The Morgan fingerprint density at radius 1 is 0.923 bits per heavy atom. The summed E-state index contributed by atoms with van der Waals surface area (Å²) >= 11 is 0. The zero-order valence-electron chi connectivity index (χ0n) is 21.1. The predicted octanol–water partition coefficient (Wildman–Crippen LogP) is 6.45. The van der Waals surface area contributed by atoms with Crippen LogP contribution in [0.15, 0.2) is 103 Å². The van der Waals surface area contributed by atoms with Gasteiger partial charge in [-0.2, -0.15) is 0 Å². The number of rotatable bonds is 8. The minimum absolute atomic E-state index is 0.00551. The topological polar surface area (TPSA) is 114 Å². The van der Waals surface area contributed by atoms with E-state index in [2.05, 4.69) is 9.88 Å². The standard InChI is InChI=1S/C31H25N3O5/c1-20(21-10-13-27(14-11-21)34(38)39)32-30(35)25-12-15-29-24(18-25)16-17-33(29)19-26-4-2-3-5-28(26)22-6-8-23(9-7-22)31(36)37/h2-18,20H,19H2,1H3,(H,32,35)(H,36,37)/t20-/m0/s1. The van der Waals surface area contributed by atoms with E-state index >= 15 is 0 Å². The Morgan fingerprint density at radius 2 is 1.62 bits per heavy atom. The van der Waals surface area contributed by atoms with Crippen LogP contribution in [0.2, 0.25) is 0 Å². The van der Waals surface area contributed by atoms with E-state index in [-0.39, 0.29) is 23.2 Å². The molecule has 0 saturated carbocycles. The number of amides is 1. The molecule has 1 amide bonds. The van der Waals surface area contributed by atoms with Gasteiger partial charge >= 0.3 is 5.97 Å². The highest BCUT2D eigenvalue weighted by Gasteiger charge is 2.15. The van der Waals surface area contributed by atoms with Crippen LogP contribution in [-0.4, -0.2) is 26.5 Å². The van der Waals surface area contributed by atoms with E-state index in [0.717, 1.165) is 33.2 Å². The minimum Gasteiger partial charge on any atom is -0.478 e. The van der Waals surface area contributed by atoms with Gasteiger partial charge in [0.25, 0.3) is 11.6 Å². The molecule has 0 bridgehead atoms. The Bertz CT molecular complexity index is 1690. The van der Waals surface area contributed by atoms with Crippen molar-refractivity contribution in [2.75, 3.05) is 0 Å². The van der Waals surface area contributed by atoms with Gasteiger partial charge in [-0.1, -0.05) is 48.5 Å². The average molecular weight is 520 g/mol. The molecular formula is C31H25N3O5. The molecule has 0 unspecified atom stereocenters. The average Bonchev–Trinajstić information content (AvgIpc) is 3.35. The van der Waals surface area contributed by atoms with Gasteiger partial charge < -0.3 is 15.0 Å². The summed E-state index contributed by atoms with van der Waals surface area (Å²) in [5.74, 6) is -1.19. The van der Waals surface area contributed by atoms with E-state index in [1.165, 1.54) is 12.1 Å². The number of carboxylic acid groups (broad SMARTS) is 1. The second kappa shape index (κ2) is 10.6. The number of carboxylic acids is 1. The van der Waals surface area contributed by atoms with E-state index in [0.29, 0.717) is 12.1 Å². The fourth-order valence-corrected chi connectivity index (χ4v) is 4.64. The normalized spacial score (nSPS) is 11.7. The summed E-state index contributed by atoms with van der Waals surface area (Å²) in [4.78, 5) is 34.6. The number of fused-ring (bicyclic) bond motifs is 1. The Labute approximate surface area is 224 Å². The molecule has 5 rings (SSSR count). The highest BCUT2D eigenvalue weighted by Crippen LogP contribution is 2.27. The lowest BCUT2D eigenvalue weighted by atomic mass is 9.98. The molecule has 0 saturated heterocycles. The van der Waals surface area contributed by atoms with Gasteiger partial charge in [-0.05, 0) is 65.6 Å². The van der Waals surface area contributed by atoms with Crippen LogP contribution in [0.3, 0.4) is 0 Å². The van der Waals surface area contributed by atoms with Crippen LogP contribution in [-0.2, 0) is 6.54 Å². The molecule has 0 aliphatic carbocycles. The lowest BCUT2D eigenvalue weighted by molar-refractivity contribution is -0.384. The Morgan fingerprint density at radius 3 is 2.31 bits per heavy atom. The number of aromatic carboxylic acids is 1. The van der Waals surface area contributed by atoms with Crippen LogP contribution in [0.1, 0.15) is 44.8 Å². The number of carbonyl (C=O) groups is 2. The van der Waals surface area contributed by atoms with Gasteiger partial charge in [-0.15, -0.1) is 0 Å². The molecule has 0 aliphatic rings. The molecule has 5 aromatic rings. The molecule has 1 aromatic heterocycles. The first-order chi connectivity index (χ1) is 18.8. The fourth-order valence-electron chi connectivity index (χ4n) is 4.64. The third kappa shape index (κ3) is 5.40. The zero-order chi connectivity index (χ0) is 27.5. The number of nitrogens with one attached hydrogen (secondary N) is 1. The number of non-ortho nitro benzene ring substituents is 1. The number of nitro groups is 1. The Hall–Kier alpha value is -5.24. The monoisotopic (exact) mass is 519 g/mol. The van der Waals surface area contributed by atoms with Gasteiger partial charge in [-0.25, -0.2) is 4.79 Å². The number of nitrogens with zero attached hydrogens (tertiary/aromatic N) is 2. The second-order valence-corrected chi connectivity index (χ2v) is 9.30. The molecule has 1 heterocycles. The summed E-state index contributed by atoms with van der Waals surface area (Å²) in [6.07, 6.45) is 1.98. The predicted molar refractivity (Wildman–Crippen MR) is 149 cm³/mol. The van der Waals surface area contributed by atoms with E-state index in [4.69, 9.17) is 0 Å². The highest BCUT2D eigenvalue weighted by atomic mass is 16.6. The quantitative estimate of drug-likeness (QED) is 0.181. The van der Waals surface area contributed by atoms with Gasteiger partial charge in [0.15, 0.2) is 0 Å². The summed E-state index contributed by atoms with van der Waals surface area (Å²) in [7, 11) is 0. The lowest BCUT2D eigenvalue weighted by Crippen LogP contribution is -2.26. The summed E-state index contributed by atoms with van der Waals surface area (Å²) < 4.78 is 2.11. The summed E-state index contributed by atoms with van der Waals surface area (Å²) in [5, 5.41) is 24.0. The number of benzene rings is 4. The van der Waals surface area contributed by atoms with E-state index in [9.17, 15) is 24.8 Å². The number of aromatic nitrogens is 1. The first kappa shape index (κ1) is 25.4. The van der Waals surface area contributed by atoms with Crippen molar-refractivity contribution in [3.63, 3.8) is 0 Å². The zero-order valence-corrected chi connectivity index (χ0v) is 21.1. The van der Waals surface area contributed by atoms with E-state index < -0.39 is 10.9 Å². The molecule has 4 aromatic carbocycles. The fraction of sp³-hybridized carbons (Fsp3) is 0.0968. The van der Waals surface area contributed by atoms with Crippen molar-refractivity contribution in [3.05, 3.63) is 136 Å². The third-order valence-corrected chi connectivity index (χ3v) is 6.79. The lowest BCUT2D eigenvalue weighted by Gasteiger charge is -2.15. The smallest absolute Gasteiger partial charge is 0.335 e. The van der Waals surface area contributed by atoms with Gasteiger partial charge in [-0.3, -0.25) is 14.9 Å². The Kier molecular flexibility index (Phi) is 6.93. The third-order valence-electron chi connectivity index (χ3n) is 6.79. The van der Waals surface area contributed by atoms with Crippen molar-refractivity contribution >= 4 is 28.5 Å². The molecule has 1 atom stereocenters. The summed E-state index contributed by atoms with van der Waals surface area (Å²) in [6, 6.07) is 28.2. The maximum Gasteiger partial charge on any atom is 0.335 e. The van der Waals surface area contributed by atoms with Crippen LogP contribution in [0.4, 0.5) is 5.69 Å². The molecule has 8 heteroatoms. The largest absolute Gasteiger partial charge is 0.478 e. The number of hydrogen-bond donors (Lipinski definition) is 2. The van der Waals surface area contributed by atoms with Crippen LogP contribution in [0.25, 0.3) is 22.0 Å². The number of carbonyl (C=O) groups excluding carboxylic acids is 1. The van der Waals surface area contributed by atoms with Crippen molar-refractivity contribution in [2.24, 2.45) is 0 Å². The van der Waals surface area contributed by atoms with Gasteiger partial charge in [0, 0.05) is 41.3 Å². The van der Waals surface area contributed by atoms with Gasteiger partial charge in [0.1, 0.15) is 0 Å². The molecule has 194 valence electrons. The first-order valence-corrected chi connectivity index (χ1v) is 12.4. The van der Waals surface area contributed by atoms with Crippen molar-refractivity contribution in [3.8, 4) is 11.1 Å². The molecule has 39 heavy (non-hydrogen) atoms. The summed E-state index contributed by atoms with van der Waals surface area (Å²) in [5.41, 5.74) is 5.56. The molecular weight excluding hydrogens is 494 g/mol. The van der Waals surface area contributed by atoms with Crippen molar-refractivity contribution in [2.45, 2.75) is 19.5 Å². The molecule has 0 aliphatic heterocycles. The number of nitro benzene ring substituents is 1. The molecule has 0 radical (unpaired) electrons. The van der Waals surface area contributed by atoms with Crippen molar-refractivity contribution in [1.82, 2.24) is 9.88 Å². The summed E-state index contributed by atoms with van der Waals surface area (Å²) in [6.45, 7) is 2.43. The molecule has 8 nitrogen and oxygen atoms in total. The van der Waals surface area contributed by atoms with E-state index in [1.54, 1.807) is 30.3 Å².